The molecule has 0 radical (unpaired) electrons. The van der Waals surface area contributed by atoms with E-state index in [-0.39, 0.29) is 10.3 Å². The molecule has 2 N–H and O–H groups in total. The summed E-state index contributed by atoms with van der Waals surface area (Å²) < 4.78 is 26.2. The van der Waals surface area contributed by atoms with Crippen LogP contribution in [-0.4, -0.2) is 24.3 Å². The van der Waals surface area contributed by atoms with Gasteiger partial charge in [0.1, 0.15) is 17.0 Å². The van der Waals surface area contributed by atoms with E-state index in [1.54, 1.807) is 29.8 Å². The fourth-order valence-electron chi connectivity index (χ4n) is 4.05. The summed E-state index contributed by atoms with van der Waals surface area (Å²) in [6.45, 7) is 8.08. The number of anilines is 2. The molecule has 1 atom stereocenters. The highest BCUT2D eigenvalue weighted by molar-refractivity contribution is 7.90. The minimum absolute atomic E-state index is 0.0298. The van der Waals surface area contributed by atoms with Gasteiger partial charge in [0.2, 0.25) is 5.91 Å². The lowest BCUT2D eigenvalue weighted by molar-refractivity contribution is -0.117. The molecule has 3 aromatic rings. The molecule has 0 saturated carbocycles. The van der Waals surface area contributed by atoms with E-state index in [1.165, 1.54) is 29.5 Å². The van der Waals surface area contributed by atoms with Crippen LogP contribution < -0.4 is 10.0 Å². The molecular formula is C22H26N4O3S2. The second kappa shape index (κ2) is 7.87. The highest BCUT2D eigenvalue weighted by Crippen LogP contribution is 2.44. The first kappa shape index (κ1) is 21.7. The maximum Gasteiger partial charge on any atom is 0.264 e. The van der Waals surface area contributed by atoms with Crippen molar-refractivity contribution < 1.29 is 13.2 Å². The molecule has 1 aliphatic rings. The summed E-state index contributed by atoms with van der Waals surface area (Å²) in [4.78, 5) is 22.5. The summed E-state index contributed by atoms with van der Waals surface area (Å²) >= 11 is 1.75. The van der Waals surface area contributed by atoms with Gasteiger partial charge in [0.05, 0.1) is 10.3 Å². The van der Waals surface area contributed by atoms with E-state index in [1.807, 2.05) is 4.72 Å². The Morgan fingerprint density at radius 2 is 1.87 bits per heavy atom. The van der Waals surface area contributed by atoms with Gasteiger partial charge in [-0.1, -0.05) is 20.8 Å². The van der Waals surface area contributed by atoms with E-state index < -0.39 is 15.9 Å². The Morgan fingerprint density at radius 3 is 2.52 bits per heavy atom. The summed E-state index contributed by atoms with van der Waals surface area (Å²) in [5, 5.41) is 4.38. The van der Waals surface area contributed by atoms with Gasteiger partial charge in [0.15, 0.2) is 0 Å². The average molecular weight is 459 g/mol. The maximum absolute atomic E-state index is 12.1. The zero-order valence-electron chi connectivity index (χ0n) is 18.0. The first-order valence-corrected chi connectivity index (χ1v) is 12.5. The van der Waals surface area contributed by atoms with Crippen molar-refractivity contribution in [2.75, 3.05) is 5.32 Å². The molecule has 31 heavy (non-hydrogen) atoms. The number of thiophene rings is 1. The summed E-state index contributed by atoms with van der Waals surface area (Å²) in [6, 6.07) is 6.25. The van der Waals surface area contributed by atoms with Crippen LogP contribution in [0.25, 0.3) is 10.2 Å². The number of carbonyl (C=O) groups is 1. The van der Waals surface area contributed by atoms with Crippen LogP contribution >= 0.6 is 11.3 Å². The number of nitrogens with one attached hydrogen (secondary N) is 2. The lowest BCUT2D eigenvalue weighted by atomic mass is 9.72. The molecule has 0 fully saturated rings. The number of rotatable bonds is 4. The number of benzene rings is 1. The van der Waals surface area contributed by atoms with Gasteiger partial charge in [0.25, 0.3) is 10.0 Å². The number of aryl methyl sites for hydroxylation is 1. The molecule has 4 rings (SSSR count). The van der Waals surface area contributed by atoms with E-state index in [9.17, 15) is 13.2 Å². The molecule has 0 bridgehead atoms. The predicted molar refractivity (Wildman–Crippen MR) is 123 cm³/mol. The Bertz CT molecular complexity index is 1240. The van der Waals surface area contributed by atoms with Crippen molar-refractivity contribution in [1.82, 2.24) is 14.7 Å². The Morgan fingerprint density at radius 1 is 1.16 bits per heavy atom. The minimum Gasteiger partial charge on any atom is -0.340 e. The summed E-state index contributed by atoms with van der Waals surface area (Å²) in [6.07, 6.45) is 4.78. The number of carbonyl (C=O) groups excluding carboxylic acids is 1. The first-order valence-electron chi connectivity index (χ1n) is 10.2. The van der Waals surface area contributed by atoms with Gasteiger partial charge in [-0.25, -0.2) is 23.1 Å². The van der Waals surface area contributed by atoms with Crippen LogP contribution in [0.4, 0.5) is 11.5 Å². The van der Waals surface area contributed by atoms with Crippen molar-refractivity contribution in [2.24, 2.45) is 11.3 Å². The van der Waals surface area contributed by atoms with Crippen LogP contribution in [0.3, 0.4) is 0 Å². The number of nitrogens with zero attached hydrogens (tertiary/aromatic N) is 2. The third kappa shape index (κ3) is 4.43. The Kier molecular flexibility index (Phi) is 5.51. The summed E-state index contributed by atoms with van der Waals surface area (Å²) in [5.41, 5.74) is 2.32. The Balaban J connectivity index is 1.63. The molecule has 1 amide bonds. The van der Waals surface area contributed by atoms with E-state index in [0.29, 0.717) is 11.6 Å². The van der Waals surface area contributed by atoms with Crippen LogP contribution in [0.1, 0.15) is 44.6 Å². The SMILES string of the molecule is CC(=O)NS(=O)(=O)c1ccc(Nc2ncnc3sc4c(c23)CCC(C(C)(C)C)C4)cc1. The Labute approximate surface area is 186 Å². The third-order valence-electron chi connectivity index (χ3n) is 5.78. The maximum atomic E-state index is 12.1. The molecule has 1 aliphatic carbocycles. The van der Waals surface area contributed by atoms with Crippen molar-refractivity contribution >= 4 is 49.0 Å². The van der Waals surface area contributed by atoms with Gasteiger partial charge in [-0.2, -0.15) is 0 Å². The average Bonchev–Trinajstić information content (AvgIpc) is 3.05. The number of hydrogen-bond acceptors (Lipinski definition) is 7. The second-order valence-electron chi connectivity index (χ2n) is 9.02. The molecule has 2 heterocycles. The number of hydrogen-bond donors (Lipinski definition) is 2. The topological polar surface area (TPSA) is 101 Å². The van der Waals surface area contributed by atoms with E-state index >= 15 is 0 Å². The molecular weight excluding hydrogens is 432 g/mol. The van der Waals surface area contributed by atoms with Gasteiger partial charge in [-0.15, -0.1) is 11.3 Å². The normalized spacial score (nSPS) is 16.7. The molecule has 0 spiro atoms. The van der Waals surface area contributed by atoms with Gasteiger partial charge < -0.3 is 5.32 Å². The molecule has 164 valence electrons. The zero-order chi connectivity index (χ0) is 22.4. The Hall–Kier alpha value is -2.52. The monoisotopic (exact) mass is 458 g/mol. The third-order valence-corrected chi connectivity index (χ3v) is 8.39. The highest BCUT2D eigenvalue weighted by atomic mass is 32.2. The molecule has 1 unspecified atom stereocenters. The van der Waals surface area contributed by atoms with Crippen molar-refractivity contribution in [2.45, 2.75) is 51.9 Å². The molecule has 9 heteroatoms. The van der Waals surface area contributed by atoms with Crippen LogP contribution in [0.2, 0.25) is 0 Å². The standard InChI is InChI=1S/C22H26N4O3S2/c1-13(27)26-31(28,29)16-8-6-15(7-9-16)25-20-19-17-10-5-14(22(2,3)4)11-18(17)30-21(19)24-12-23-20/h6-9,12,14H,5,10-11H2,1-4H3,(H,26,27)(H,23,24,25). The number of sulfonamides is 1. The van der Waals surface area contributed by atoms with Gasteiger partial charge >= 0.3 is 0 Å². The molecule has 0 saturated heterocycles. The number of amides is 1. The molecule has 0 aliphatic heterocycles. The van der Waals surface area contributed by atoms with Crippen LogP contribution in [-0.2, 0) is 27.7 Å². The first-order chi connectivity index (χ1) is 14.5. The molecule has 1 aromatic carbocycles. The van der Waals surface area contributed by atoms with Gasteiger partial charge in [-0.05, 0) is 60.4 Å². The fraction of sp³-hybridized carbons (Fsp3) is 0.409. The van der Waals surface area contributed by atoms with Crippen molar-refractivity contribution in [3.8, 4) is 0 Å². The van der Waals surface area contributed by atoms with Crippen molar-refractivity contribution in [1.29, 1.82) is 0 Å². The smallest absolute Gasteiger partial charge is 0.264 e. The van der Waals surface area contributed by atoms with Crippen LogP contribution in [0.15, 0.2) is 35.5 Å². The zero-order valence-corrected chi connectivity index (χ0v) is 19.7. The van der Waals surface area contributed by atoms with Crippen LogP contribution in [0, 0.1) is 11.3 Å². The molecule has 7 nitrogen and oxygen atoms in total. The van der Waals surface area contributed by atoms with E-state index in [0.717, 1.165) is 35.3 Å². The van der Waals surface area contributed by atoms with Gasteiger partial charge in [-0.3, -0.25) is 4.79 Å². The highest BCUT2D eigenvalue weighted by Gasteiger charge is 2.31. The summed E-state index contributed by atoms with van der Waals surface area (Å²) in [7, 11) is -3.86. The fourth-order valence-corrected chi connectivity index (χ4v) is 6.30. The number of aromatic nitrogens is 2. The lowest BCUT2D eigenvalue weighted by Crippen LogP contribution is -2.28. The van der Waals surface area contributed by atoms with E-state index in [4.69, 9.17) is 0 Å². The lowest BCUT2D eigenvalue weighted by Gasteiger charge is -2.33. The number of fused-ring (bicyclic) bond motifs is 3. The van der Waals surface area contributed by atoms with Crippen molar-refractivity contribution in [3.63, 3.8) is 0 Å². The second-order valence-corrected chi connectivity index (χ2v) is 11.8. The van der Waals surface area contributed by atoms with Crippen LogP contribution in [0.5, 0.6) is 0 Å². The quantitative estimate of drug-likeness (QED) is 0.601. The largest absolute Gasteiger partial charge is 0.340 e. The summed E-state index contributed by atoms with van der Waals surface area (Å²) in [5.74, 6) is 0.756. The molecule has 2 aromatic heterocycles. The van der Waals surface area contributed by atoms with Crippen molar-refractivity contribution in [3.05, 3.63) is 41.0 Å². The predicted octanol–water partition coefficient (Wildman–Crippen LogP) is 4.41. The van der Waals surface area contributed by atoms with E-state index in [2.05, 4.69) is 36.1 Å². The van der Waals surface area contributed by atoms with Gasteiger partial charge in [0, 0.05) is 17.5 Å². The minimum atomic E-state index is -3.86.